The van der Waals surface area contributed by atoms with E-state index < -0.39 is 34.6 Å². The Morgan fingerprint density at radius 3 is 2.41 bits per heavy atom. The van der Waals surface area contributed by atoms with Gasteiger partial charge in [-0.1, -0.05) is 36.5 Å². The van der Waals surface area contributed by atoms with Crippen LogP contribution in [0.3, 0.4) is 0 Å². The van der Waals surface area contributed by atoms with Crippen molar-refractivity contribution in [3.8, 4) is 0 Å². The second kappa shape index (κ2) is 9.85. The highest BCUT2D eigenvalue weighted by Gasteiger charge is 2.38. The summed E-state index contributed by atoms with van der Waals surface area (Å²) >= 11 is 11.9. The first-order valence-corrected chi connectivity index (χ1v) is 11.5. The van der Waals surface area contributed by atoms with Crippen LogP contribution in [0.25, 0.3) is 0 Å². The number of nitrogens with zero attached hydrogens (tertiary/aromatic N) is 2. The Hall–Kier alpha value is -1.03. The van der Waals surface area contributed by atoms with Gasteiger partial charge in [0.15, 0.2) is 0 Å². The third-order valence-corrected chi connectivity index (χ3v) is 7.39. The molecule has 0 radical (unpaired) electrons. The number of rotatable bonds is 7. The molecule has 0 bridgehead atoms. The van der Waals surface area contributed by atoms with E-state index in [1.807, 2.05) is 6.92 Å². The van der Waals surface area contributed by atoms with Crippen LogP contribution in [-0.2, 0) is 14.8 Å². The molecule has 1 amide bonds. The summed E-state index contributed by atoms with van der Waals surface area (Å²) in [4.78, 5) is 13.3. The molecule has 1 aliphatic rings. The number of alkyl halides is 3. The summed E-state index contributed by atoms with van der Waals surface area (Å²) in [5.74, 6) is -1.22. The number of hydrogen-bond donors (Lipinski definition) is 0. The van der Waals surface area contributed by atoms with E-state index >= 15 is 0 Å². The predicted molar refractivity (Wildman–Crippen MR) is 105 cm³/mol. The Kier molecular flexibility index (Phi) is 8.23. The van der Waals surface area contributed by atoms with E-state index in [1.165, 1.54) is 22.5 Å². The highest BCUT2D eigenvalue weighted by atomic mass is 35.5. The summed E-state index contributed by atoms with van der Waals surface area (Å²) in [6.07, 6.45) is -3.04. The quantitative estimate of drug-likeness (QED) is 0.580. The SMILES string of the molecule is CCCCN(CC(F)(F)F)C(=O)C1CCN(S(=O)(=O)c2cc(Cl)ccc2Cl)CC1. The molecule has 164 valence electrons. The van der Waals surface area contributed by atoms with Crippen molar-refractivity contribution in [3.05, 3.63) is 28.2 Å². The number of benzene rings is 1. The van der Waals surface area contributed by atoms with Gasteiger partial charge >= 0.3 is 6.18 Å². The lowest BCUT2D eigenvalue weighted by molar-refractivity contribution is -0.164. The lowest BCUT2D eigenvalue weighted by atomic mass is 9.96. The summed E-state index contributed by atoms with van der Waals surface area (Å²) in [6, 6.07) is 4.11. The van der Waals surface area contributed by atoms with Gasteiger partial charge in [-0.2, -0.15) is 17.5 Å². The first-order chi connectivity index (χ1) is 13.5. The molecule has 11 heteroatoms. The first-order valence-electron chi connectivity index (χ1n) is 9.26. The molecule has 0 unspecified atom stereocenters. The van der Waals surface area contributed by atoms with Crippen LogP contribution in [0.15, 0.2) is 23.1 Å². The van der Waals surface area contributed by atoms with Crippen LogP contribution in [0.5, 0.6) is 0 Å². The Labute approximate surface area is 178 Å². The highest BCUT2D eigenvalue weighted by molar-refractivity contribution is 7.89. The fourth-order valence-corrected chi connectivity index (χ4v) is 5.45. The minimum atomic E-state index is -4.48. The van der Waals surface area contributed by atoms with Crippen molar-refractivity contribution in [2.75, 3.05) is 26.2 Å². The van der Waals surface area contributed by atoms with Crippen molar-refractivity contribution in [3.63, 3.8) is 0 Å². The third-order valence-electron chi connectivity index (χ3n) is 4.78. The fraction of sp³-hybridized carbons (Fsp3) is 0.611. The zero-order valence-electron chi connectivity index (χ0n) is 15.9. The lowest BCUT2D eigenvalue weighted by Crippen LogP contribution is -2.47. The molecule has 1 saturated heterocycles. The molecule has 0 aromatic heterocycles. The molecule has 0 atom stereocenters. The summed E-state index contributed by atoms with van der Waals surface area (Å²) in [5.41, 5.74) is 0. The monoisotopic (exact) mass is 474 g/mol. The number of carbonyl (C=O) groups is 1. The average Bonchev–Trinajstić information content (AvgIpc) is 2.65. The van der Waals surface area contributed by atoms with Gasteiger partial charge < -0.3 is 4.90 Å². The van der Waals surface area contributed by atoms with E-state index in [-0.39, 0.29) is 47.4 Å². The average molecular weight is 475 g/mol. The minimum absolute atomic E-state index is 0.0230. The van der Waals surface area contributed by atoms with Gasteiger partial charge in [0.05, 0.1) is 5.02 Å². The van der Waals surface area contributed by atoms with Crippen LogP contribution < -0.4 is 0 Å². The second-order valence-electron chi connectivity index (χ2n) is 6.98. The van der Waals surface area contributed by atoms with E-state index in [1.54, 1.807) is 0 Å². The highest BCUT2D eigenvalue weighted by Crippen LogP contribution is 2.31. The summed E-state index contributed by atoms with van der Waals surface area (Å²) in [5, 5.41) is 0.250. The molecule has 5 nitrogen and oxygen atoms in total. The van der Waals surface area contributed by atoms with Gasteiger partial charge in [-0.3, -0.25) is 4.79 Å². The van der Waals surface area contributed by atoms with Gasteiger partial charge in [0, 0.05) is 30.6 Å². The minimum Gasteiger partial charge on any atom is -0.333 e. The number of amides is 1. The first kappa shape index (κ1) is 24.2. The normalized spacial score (nSPS) is 16.8. The molecule has 0 aliphatic carbocycles. The fourth-order valence-electron chi connectivity index (χ4n) is 3.25. The zero-order chi connectivity index (χ0) is 21.8. The van der Waals surface area contributed by atoms with Crippen LogP contribution in [-0.4, -0.2) is 55.9 Å². The van der Waals surface area contributed by atoms with E-state index in [0.717, 1.165) is 4.90 Å². The molecular weight excluding hydrogens is 452 g/mol. The molecule has 1 aromatic carbocycles. The lowest BCUT2D eigenvalue weighted by Gasteiger charge is -2.34. The van der Waals surface area contributed by atoms with Crippen molar-refractivity contribution >= 4 is 39.1 Å². The van der Waals surface area contributed by atoms with Gasteiger partial charge in [-0.25, -0.2) is 8.42 Å². The smallest absolute Gasteiger partial charge is 0.333 e. The van der Waals surface area contributed by atoms with Crippen molar-refractivity contribution in [1.29, 1.82) is 0 Å². The van der Waals surface area contributed by atoms with Crippen LogP contribution in [0, 0.1) is 5.92 Å². The van der Waals surface area contributed by atoms with Crippen LogP contribution in [0.2, 0.25) is 10.0 Å². The number of sulfonamides is 1. The van der Waals surface area contributed by atoms with Crippen LogP contribution in [0.4, 0.5) is 13.2 Å². The van der Waals surface area contributed by atoms with Crippen LogP contribution >= 0.6 is 23.2 Å². The molecule has 1 fully saturated rings. The van der Waals surface area contributed by atoms with Gasteiger partial charge in [-0.15, -0.1) is 0 Å². The number of piperidine rings is 1. The largest absolute Gasteiger partial charge is 0.406 e. The standard InChI is InChI=1S/C18H23Cl2F3N2O3S/c1-2-3-8-24(12-18(21,22)23)17(26)13-6-9-25(10-7-13)29(27,28)16-11-14(19)4-5-15(16)20/h4-5,11,13H,2-3,6-10,12H2,1H3. The number of halogens is 5. The van der Waals surface area contributed by atoms with Gasteiger partial charge in [0.1, 0.15) is 11.4 Å². The molecule has 0 N–H and O–H groups in total. The maximum absolute atomic E-state index is 12.8. The molecular formula is C18H23Cl2F3N2O3S. The van der Waals surface area contributed by atoms with Gasteiger partial charge in [-0.05, 0) is 37.5 Å². The zero-order valence-corrected chi connectivity index (χ0v) is 18.2. The van der Waals surface area contributed by atoms with E-state index in [0.29, 0.717) is 12.8 Å². The van der Waals surface area contributed by atoms with Crippen molar-refractivity contribution in [2.24, 2.45) is 5.92 Å². The van der Waals surface area contributed by atoms with Crippen molar-refractivity contribution in [1.82, 2.24) is 9.21 Å². The Balaban J connectivity index is 2.08. The molecule has 1 aliphatic heterocycles. The predicted octanol–water partition coefficient (Wildman–Crippen LogP) is 4.59. The maximum Gasteiger partial charge on any atom is 0.406 e. The summed E-state index contributed by atoms with van der Waals surface area (Å²) < 4.78 is 65.4. The van der Waals surface area contributed by atoms with Gasteiger partial charge in [0.25, 0.3) is 0 Å². The van der Waals surface area contributed by atoms with Crippen LogP contribution in [0.1, 0.15) is 32.6 Å². The van der Waals surface area contributed by atoms with E-state index in [2.05, 4.69) is 0 Å². The molecule has 0 spiro atoms. The molecule has 1 heterocycles. The molecule has 1 aromatic rings. The Morgan fingerprint density at radius 2 is 1.86 bits per heavy atom. The van der Waals surface area contributed by atoms with Crippen molar-refractivity contribution in [2.45, 2.75) is 43.7 Å². The van der Waals surface area contributed by atoms with Crippen molar-refractivity contribution < 1.29 is 26.4 Å². The number of hydrogen-bond acceptors (Lipinski definition) is 3. The Morgan fingerprint density at radius 1 is 1.24 bits per heavy atom. The molecule has 0 saturated carbocycles. The molecule has 29 heavy (non-hydrogen) atoms. The second-order valence-corrected chi connectivity index (χ2v) is 9.73. The van der Waals surface area contributed by atoms with E-state index in [4.69, 9.17) is 23.2 Å². The Bertz CT molecular complexity index is 826. The summed E-state index contributed by atoms with van der Waals surface area (Å²) in [7, 11) is -3.92. The summed E-state index contributed by atoms with van der Waals surface area (Å²) in [6.45, 7) is 0.624. The van der Waals surface area contributed by atoms with E-state index in [9.17, 15) is 26.4 Å². The maximum atomic E-state index is 12.8. The van der Waals surface area contributed by atoms with Gasteiger partial charge in [0.2, 0.25) is 15.9 Å². The number of carbonyl (C=O) groups excluding carboxylic acids is 1. The number of unbranched alkanes of at least 4 members (excludes halogenated alkanes) is 1. The third kappa shape index (κ3) is 6.47. The molecule has 2 rings (SSSR count). The topological polar surface area (TPSA) is 57.7 Å².